The fourth-order valence-corrected chi connectivity index (χ4v) is 7.15. The molecule has 3 aromatic carbocycles. The number of amides is 3. The zero-order valence-electron chi connectivity index (χ0n) is 29.8. The van der Waals surface area contributed by atoms with E-state index < -0.39 is 17.6 Å². The average Bonchev–Trinajstić information content (AvgIpc) is 3.57. The van der Waals surface area contributed by atoms with Gasteiger partial charge in [0.25, 0.3) is 5.91 Å². The van der Waals surface area contributed by atoms with Gasteiger partial charge in [0, 0.05) is 60.8 Å². The van der Waals surface area contributed by atoms with Gasteiger partial charge in [0.05, 0.1) is 17.7 Å². The Bertz CT molecular complexity index is 2300. The first kappa shape index (κ1) is 36.4. The summed E-state index contributed by atoms with van der Waals surface area (Å²) >= 11 is 0. The highest BCUT2D eigenvalue weighted by Gasteiger charge is 2.36. The third-order valence-corrected chi connectivity index (χ3v) is 10.1. The van der Waals surface area contributed by atoms with E-state index in [2.05, 4.69) is 37.5 Å². The molecule has 10 nitrogen and oxygen atoms in total. The number of hydrogen-bond acceptors (Lipinski definition) is 7. The van der Waals surface area contributed by atoms with Crippen LogP contribution in [-0.4, -0.2) is 63.4 Å². The summed E-state index contributed by atoms with van der Waals surface area (Å²) in [5.41, 5.74) is 4.10. The van der Waals surface area contributed by atoms with Crippen molar-refractivity contribution in [1.82, 2.24) is 24.8 Å². The summed E-state index contributed by atoms with van der Waals surface area (Å²) < 4.78 is 45.1. The lowest BCUT2D eigenvalue weighted by molar-refractivity contribution is -0.137. The maximum Gasteiger partial charge on any atom is 0.418 e. The molecule has 2 saturated heterocycles. The number of hydrogen-bond donors (Lipinski definition) is 2. The van der Waals surface area contributed by atoms with E-state index >= 15 is 0 Å². The number of piperidine rings is 2. The summed E-state index contributed by atoms with van der Waals surface area (Å²) in [4.78, 5) is 45.5. The Kier molecular flexibility index (Phi) is 10.2. The molecule has 2 N–H and O–H groups in total. The zero-order valence-corrected chi connectivity index (χ0v) is 29.8. The van der Waals surface area contributed by atoms with Crippen molar-refractivity contribution in [3.63, 3.8) is 0 Å². The molecule has 2 aromatic heterocycles. The summed E-state index contributed by atoms with van der Waals surface area (Å²) in [6, 6.07) is 20.4. The molecule has 3 amide bonds. The molecule has 0 spiro atoms. The maximum atomic E-state index is 14.5. The number of anilines is 2. The van der Waals surface area contributed by atoms with Gasteiger partial charge in [-0.1, -0.05) is 36.3 Å². The van der Waals surface area contributed by atoms with Crippen LogP contribution in [0.1, 0.15) is 75.5 Å². The molecule has 0 saturated carbocycles. The van der Waals surface area contributed by atoms with Crippen molar-refractivity contribution in [3.8, 4) is 11.8 Å². The number of nitrogens with one attached hydrogen (secondary N) is 2. The van der Waals surface area contributed by atoms with E-state index in [9.17, 15) is 27.6 Å². The Labute approximate surface area is 310 Å². The predicted octanol–water partition coefficient (Wildman–Crippen LogP) is 6.33. The van der Waals surface area contributed by atoms with Gasteiger partial charge < -0.3 is 10.2 Å². The Morgan fingerprint density at radius 1 is 1.00 bits per heavy atom. The van der Waals surface area contributed by atoms with Crippen LogP contribution < -0.4 is 15.5 Å². The Morgan fingerprint density at radius 2 is 1.81 bits per heavy atom. The molecule has 0 aliphatic carbocycles. The second-order valence-electron chi connectivity index (χ2n) is 13.8. The van der Waals surface area contributed by atoms with E-state index in [1.54, 1.807) is 46.1 Å². The van der Waals surface area contributed by atoms with E-state index in [1.165, 1.54) is 12.1 Å². The standard InChI is InChI=1S/C41H38F3N7O3/c1-26-8-9-30(22-28(26)10-12-33-24-45-37-7-4-18-46-51(33)37)39(53)47-31-11-14-36(35(23-31)41(42,43)44)50-19-16-32(17-20-50)49(2)25-27-5-3-6-29(21-27)34-13-15-38(52)48-40(34)54/h3-9,11,14,18,21-24,32,34H,13,15-17,19-20,25H2,1-2H3,(H,47,53)(H,48,52,54). The number of nitrogens with zero attached hydrogens (tertiary/aromatic N) is 5. The van der Waals surface area contributed by atoms with E-state index in [4.69, 9.17) is 0 Å². The second kappa shape index (κ2) is 15.2. The van der Waals surface area contributed by atoms with Gasteiger partial charge in [0.2, 0.25) is 11.8 Å². The number of aryl methyl sites for hydroxylation is 1. The zero-order chi connectivity index (χ0) is 38.0. The van der Waals surface area contributed by atoms with E-state index in [0.717, 1.165) is 22.8 Å². The largest absolute Gasteiger partial charge is 0.418 e. The van der Waals surface area contributed by atoms with Crippen molar-refractivity contribution < 1.29 is 27.6 Å². The van der Waals surface area contributed by atoms with Gasteiger partial charge in [-0.15, -0.1) is 0 Å². The molecule has 0 bridgehead atoms. The molecule has 2 aliphatic heterocycles. The smallest absolute Gasteiger partial charge is 0.371 e. The van der Waals surface area contributed by atoms with Crippen LogP contribution in [0.25, 0.3) is 5.65 Å². The third-order valence-electron chi connectivity index (χ3n) is 10.1. The lowest BCUT2D eigenvalue weighted by atomic mass is 9.89. The lowest BCUT2D eigenvalue weighted by Crippen LogP contribution is -2.43. The molecular weight excluding hydrogens is 695 g/mol. The van der Waals surface area contributed by atoms with Crippen LogP contribution >= 0.6 is 0 Å². The monoisotopic (exact) mass is 733 g/mol. The molecule has 276 valence electrons. The number of alkyl halides is 3. The molecule has 2 aliphatic rings. The molecule has 1 unspecified atom stereocenters. The first-order valence-electron chi connectivity index (χ1n) is 17.7. The highest BCUT2D eigenvalue weighted by atomic mass is 19.4. The van der Waals surface area contributed by atoms with Crippen molar-refractivity contribution in [3.05, 3.63) is 124 Å². The SMILES string of the molecule is Cc1ccc(C(=O)Nc2ccc(N3CCC(N(C)Cc4cccc(C5CCC(=O)NC5=O)c4)CC3)c(C(F)(F)F)c2)cc1C#Cc1cnc2cccnn12. The summed E-state index contributed by atoms with van der Waals surface area (Å²) in [5.74, 6) is 4.66. The quantitative estimate of drug-likeness (QED) is 0.149. The number of imidazole rings is 1. The highest BCUT2D eigenvalue weighted by molar-refractivity contribution is 6.04. The van der Waals surface area contributed by atoms with Gasteiger partial charge in [0.1, 0.15) is 5.69 Å². The van der Waals surface area contributed by atoms with Crippen LogP contribution in [0.3, 0.4) is 0 Å². The van der Waals surface area contributed by atoms with Crippen LogP contribution in [0.2, 0.25) is 0 Å². The number of benzene rings is 3. The van der Waals surface area contributed by atoms with Crippen LogP contribution in [-0.2, 0) is 22.3 Å². The molecule has 1 atom stereocenters. The minimum Gasteiger partial charge on any atom is -0.371 e. The van der Waals surface area contributed by atoms with Crippen molar-refractivity contribution in [2.45, 2.75) is 57.3 Å². The third kappa shape index (κ3) is 7.99. The molecule has 2 fully saturated rings. The van der Waals surface area contributed by atoms with Gasteiger partial charge in [0.15, 0.2) is 5.65 Å². The molecule has 7 rings (SSSR count). The fourth-order valence-electron chi connectivity index (χ4n) is 7.15. The molecule has 13 heteroatoms. The normalized spacial score (nSPS) is 16.6. The number of carbonyl (C=O) groups is 3. The van der Waals surface area contributed by atoms with Crippen molar-refractivity contribution in [1.29, 1.82) is 0 Å². The van der Waals surface area contributed by atoms with E-state index in [0.29, 0.717) is 62.2 Å². The molecule has 5 aromatic rings. The molecule has 4 heterocycles. The fraction of sp³-hybridized carbons (Fsp3) is 0.293. The summed E-state index contributed by atoms with van der Waals surface area (Å²) in [7, 11) is 2.00. The predicted molar refractivity (Wildman–Crippen MR) is 198 cm³/mol. The Balaban J connectivity index is 0.999. The number of fused-ring (bicyclic) bond motifs is 1. The number of carbonyl (C=O) groups excluding carboxylic acids is 3. The van der Waals surface area contributed by atoms with E-state index in [-0.39, 0.29) is 40.7 Å². The summed E-state index contributed by atoms with van der Waals surface area (Å²) in [6.07, 6.45) is 0.699. The van der Waals surface area contributed by atoms with E-state index in [1.807, 2.05) is 44.3 Å². The minimum absolute atomic E-state index is 0.0373. The maximum absolute atomic E-state index is 14.5. The molecule has 54 heavy (non-hydrogen) atoms. The van der Waals surface area contributed by atoms with Crippen LogP contribution in [0.4, 0.5) is 24.5 Å². The van der Waals surface area contributed by atoms with Crippen molar-refractivity contribution in [2.24, 2.45) is 0 Å². The van der Waals surface area contributed by atoms with Crippen LogP contribution in [0.15, 0.2) is 85.2 Å². The first-order chi connectivity index (χ1) is 25.9. The Morgan fingerprint density at radius 3 is 2.59 bits per heavy atom. The number of aromatic nitrogens is 3. The van der Waals surface area contributed by atoms with Crippen LogP contribution in [0, 0.1) is 18.8 Å². The van der Waals surface area contributed by atoms with Gasteiger partial charge in [-0.3, -0.25) is 24.6 Å². The Hall–Kier alpha value is -6.00. The summed E-state index contributed by atoms with van der Waals surface area (Å²) in [5, 5.41) is 9.31. The molecular formula is C41H38F3N7O3. The number of imide groups is 1. The number of halogens is 3. The van der Waals surface area contributed by atoms with Gasteiger partial charge in [-0.25, -0.2) is 9.50 Å². The topological polar surface area (TPSA) is 112 Å². The van der Waals surface area contributed by atoms with Crippen molar-refractivity contribution in [2.75, 3.05) is 30.4 Å². The minimum atomic E-state index is -4.64. The summed E-state index contributed by atoms with van der Waals surface area (Å²) in [6.45, 7) is 3.33. The van der Waals surface area contributed by atoms with Crippen molar-refractivity contribution >= 4 is 34.7 Å². The highest BCUT2D eigenvalue weighted by Crippen LogP contribution is 2.39. The second-order valence-corrected chi connectivity index (χ2v) is 13.8. The van der Waals surface area contributed by atoms with Crippen LogP contribution in [0.5, 0.6) is 0 Å². The number of rotatable bonds is 7. The van der Waals surface area contributed by atoms with Gasteiger partial charge in [-0.05, 0) is 98.3 Å². The van der Waals surface area contributed by atoms with Gasteiger partial charge in [-0.2, -0.15) is 18.3 Å². The molecule has 0 radical (unpaired) electrons. The average molecular weight is 734 g/mol. The van der Waals surface area contributed by atoms with Gasteiger partial charge >= 0.3 is 6.18 Å². The first-order valence-corrected chi connectivity index (χ1v) is 17.7. The lowest BCUT2D eigenvalue weighted by Gasteiger charge is -2.39.